The van der Waals surface area contributed by atoms with E-state index in [1.165, 1.54) is 56.9 Å². The number of H-pyrrole nitrogens is 2. The maximum atomic E-state index is 6.63. The number of nitrogens with zero attached hydrogens (tertiary/aromatic N) is 4. The molecule has 24 heteroatoms. The van der Waals surface area contributed by atoms with Crippen molar-refractivity contribution in [1.82, 2.24) is 9.97 Å². The van der Waals surface area contributed by atoms with Gasteiger partial charge in [-0.2, -0.15) is 0 Å². The molecule has 0 radical (unpaired) electrons. The molecule has 0 saturated carbocycles. The molecule has 2 aromatic heterocycles. The summed E-state index contributed by atoms with van der Waals surface area (Å²) in [4.78, 5) is 26.2. The number of hydrogen-bond donors (Lipinski definition) is 4. The standard InChI is InChI=1S/C40H52N8O16/c1-33(49-9)34(2,50-10)58-18-17(57-33)25-41-26(18)46-28-21-22(62-38(6,54-14)37(5,53-13)61-21)30(43-28)48-32-24-23(63-39(7,55-15)40(8,56-16)64-24)31(44-32)47-29-20-19(27(42-29)45-25)59-35(3,51-11)36(4,52-12)60-20/h41-42,45H,1-16H3,(H,43,44,46,47,48)/t33-,34-,35-,36-,37-,38-,39-,40-/m1/s1. The van der Waals surface area contributed by atoms with Crippen LogP contribution in [0.25, 0.3) is 0 Å². The first-order chi connectivity index (χ1) is 30.1. The molecule has 0 aliphatic carbocycles. The minimum atomic E-state index is -1.54. The quantitative estimate of drug-likeness (QED) is 0.280. The van der Waals surface area contributed by atoms with Crippen LogP contribution in [0.5, 0.6) is 23.0 Å². The molecule has 24 nitrogen and oxygen atoms in total. The van der Waals surface area contributed by atoms with Crippen molar-refractivity contribution >= 4 is 46.6 Å². The summed E-state index contributed by atoms with van der Waals surface area (Å²) in [5, 5.41) is 6.64. The summed E-state index contributed by atoms with van der Waals surface area (Å²) in [6.07, 6.45) is 0. The molecule has 0 spiro atoms. The highest BCUT2D eigenvalue weighted by atomic mass is 16.8. The van der Waals surface area contributed by atoms with Gasteiger partial charge in [0, 0.05) is 112 Å². The summed E-state index contributed by atoms with van der Waals surface area (Å²) < 4.78 is 99.7. The highest BCUT2D eigenvalue weighted by Crippen LogP contribution is 2.58. The van der Waals surface area contributed by atoms with E-state index < -0.39 is 46.3 Å². The first kappa shape index (κ1) is 43.6. The highest BCUT2D eigenvalue weighted by molar-refractivity contribution is 6.28. The number of ether oxygens (including phenoxy) is 16. The van der Waals surface area contributed by atoms with Crippen LogP contribution >= 0.6 is 0 Å². The first-order valence-electron chi connectivity index (χ1n) is 20.0. The van der Waals surface area contributed by atoms with Gasteiger partial charge < -0.3 is 96.4 Å². The predicted molar refractivity (Wildman–Crippen MR) is 222 cm³/mol. The second-order valence-electron chi connectivity index (χ2n) is 16.4. The van der Waals surface area contributed by atoms with Gasteiger partial charge in [0.2, 0.25) is 63.5 Å². The smallest absolute Gasteiger partial charge is 0.273 e. The Kier molecular flexibility index (Phi) is 9.51. The minimum Gasteiger partial charge on any atom is -0.448 e. The lowest BCUT2D eigenvalue weighted by Gasteiger charge is -2.46. The molecule has 0 unspecified atom stereocenters. The van der Waals surface area contributed by atoms with Gasteiger partial charge >= 0.3 is 0 Å². The monoisotopic (exact) mass is 900 g/mol. The second-order valence-corrected chi connectivity index (χ2v) is 16.4. The summed E-state index contributed by atoms with van der Waals surface area (Å²) in [5.74, 6) is -10.8. The molecule has 0 aromatic carbocycles. The third kappa shape index (κ3) is 5.69. The Bertz CT molecular complexity index is 2530. The fraction of sp³-hybridized carbons (Fsp3) is 0.600. The Hall–Kier alpha value is -5.60. The van der Waals surface area contributed by atoms with E-state index in [1.807, 2.05) is 0 Å². The van der Waals surface area contributed by atoms with Crippen LogP contribution in [-0.2, 0) is 56.8 Å². The molecule has 8 atom stereocenters. The number of amidine groups is 4. The summed E-state index contributed by atoms with van der Waals surface area (Å²) in [6.45, 7) is 13.2. The average molecular weight is 901 g/mol. The third-order valence-electron chi connectivity index (χ3n) is 13.2. The summed E-state index contributed by atoms with van der Waals surface area (Å²) in [5.41, 5.74) is 0. The molecule has 0 amide bonds. The van der Waals surface area contributed by atoms with Gasteiger partial charge in [0.05, 0.1) is 0 Å². The normalized spacial score (nSPS) is 36.8. The molecule has 9 rings (SSSR count). The molecule has 64 heavy (non-hydrogen) atoms. The minimum absolute atomic E-state index is 0.0269. The van der Waals surface area contributed by atoms with Crippen molar-refractivity contribution in [2.75, 3.05) is 67.5 Å². The number of rotatable bonds is 8. The van der Waals surface area contributed by atoms with Crippen LogP contribution in [0.15, 0.2) is 43.0 Å². The van der Waals surface area contributed by atoms with Crippen molar-refractivity contribution in [2.24, 2.45) is 20.0 Å². The van der Waals surface area contributed by atoms with Crippen molar-refractivity contribution in [3.05, 3.63) is 23.0 Å². The van der Waals surface area contributed by atoms with Crippen LogP contribution in [0.1, 0.15) is 55.4 Å². The fourth-order valence-electron chi connectivity index (χ4n) is 7.72. The van der Waals surface area contributed by atoms with Crippen molar-refractivity contribution in [2.45, 2.75) is 102 Å². The summed E-state index contributed by atoms with van der Waals surface area (Å²) in [6, 6.07) is 0. The molecule has 348 valence electrons. The van der Waals surface area contributed by atoms with E-state index >= 15 is 0 Å². The van der Waals surface area contributed by atoms with Gasteiger partial charge in [-0.15, -0.1) is 0 Å². The zero-order valence-corrected chi connectivity index (χ0v) is 38.3. The van der Waals surface area contributed by atoms with Crippen molar-refractivity contribution in [1.29, 1.82) is 0 Å². The van der Waals surface area contributed by atoms with Gasteiger partial charge in [0.15, 0.2) is 29.1 Å². The van der Waals surface area contributed by atoms with Crippen molar-refractivity contribution in [3.8, 4) is 23.0 Å². The maximum Gasteiger partial charge on any atom is 0.273 e. The lowest BCUT2D eigenvalue weighted by atomic mass is 10.1. The van der Waals surface area contributed by atoms with Gasteiger partial charge in [-0.05, 0) is 0 Å². The molecule has 7 aliphatic heterocycles. The first-order valence-corrected chi connectivity index (χ1v) is 20.0. The van der Waals surface area contributed by atoms with Crippen LogP contribution in [0.4, 0.5) is 23.3 Å². The molecule has 7 aliphatic rings. The maximum absolute atomic E-state index is 6.63. The van der Waals surface area contributed by atoms with Gasteiger partial charge in [0.25, 0.3) is 46.3 Å². The SMILES string of the molecule is CO[C@]1(C)OC2=C(O[C@@]1(C)OC)C1=Nc3[nH]c(c4c3O[C@@](C)(OC)[C@](C)(OC)O4)Nc3[nH]c(c4c3O[C@@](C)(OC)[C@](C)(OC)O4)NC3=NC(=NC2=N1)C1=C3O[C@@](C)(OC)[C@](C)(OC)O1. The number of aromatic nitrogens is 2. The summed E-state index contributed by atoms with van der Waals surface area (Å²) in [7, 11) is 11.7. The van der Waals surface area contributed by atoms with Crippen molar-refractivity contribution < 1.29 is 75.8 Å². The van der Waals surface area contributed by atoms with Gasteiger partial charge in [-0.3, -0.25) is 0 Å². The van der Waals surface area contributed by atoms with Crippen LogP contribution in [0, 0.1) is 0 Å². The Labute approximate surface area is 367 Å². The van der Waals surface area contributed by atoms with E-state index in [0.29, 0.717) is 0 Å². The summed E-state index contributed by atoms with van der Waals surface area (Å²) >= 11 is 0. The molecule has 9 heterocycles. The predicted octanol–water partition coefficient (Wildman–Crippen LogP) is 4.72. The Morgan fingerprint density at radius 3 is 1.05 bits per heavy atom. The van der Waals surface area contributed by atoms with Crippen LogP contribution in [-0.4, -0.2) is 136 Å². The Balaban J connectivity index is 1.33. The number of aliphatic imine (C=N–C) groups is 4. The molecule has 0 fully saturated rings. The number of aromatic amines is 2. The molecule has 2 aromatic rings. The molecular weight excluding hydrogens is 848 g/mol. The van der Waals surface area contributed by atoms with E-state index in [0.717, 1.165) is 0 Å². The van der Waals surface area contributed by atoms with E-state index in [2.05, 4.69) is 20.6 Å². The van der Waals surface area contributed by atoms with Crippen molar-refractivity contribution in [3.63, 3.8) is 0 Å². The number of nitrogens with one attached hydrogen (secondary N) is 4. The topological polar surface area (TPSA) is 253 Å². The number of hydrogen-bond acceptors (Lipinski definition) is 22. The zero-order chi connectivity index (χ0) is 46.2. The van der Waals surface area contributed by atoms with E-state index in [1.54, 1.807) is 55.4 Å². The molecule has 0 saturated heterocycles. The average Bonchev–Trinajstić information content (AvgIpc) is 3.97. The fourth-order valence-corrected chi connectivity index (χ4v) is 7.72. The second kappa shape index (κ2) is 14.0. The molecular formula is C40H52N8O16. The zero-order valence-electron chi connectivity index (χ0n) is 38.3. The number of methoxy groups -OCH3 is 8. The Morgan fingerprint density at radius 1 is 0.328 bits per heavy atom. The largest absolute Gasteiger partial charge is 0.448 e. The van der Waals surface area contributed by atoms with Gasteiger partial charge in [-0.1, -0.05) is 0 Å². The Morgan fingerprint density at radius 2 is 0.625 bits per heavy atom. The lowest BCUT2D eigenvalue weighted by molar-refractivity contribution is -0.376. The van der Waals surface area contributed by atoms with E-state index in [9.17, 15) is 0 Å². The van der Waals surface area contributed by atoms with E-state index in [4.69, 9.17) is 95.8 Å². The van der Waals surface area contributed by atoms with E-state index in [-0.39, 0.29) is 92.6 Å². The van der Waals surface area contributed by atoms with Crippen LogP contribution < -0.4 is 29.6 Å². The van der Waals surface area contributed by atoms with Gasteiger partial charge in [0.1, 0.15) is 0 Å². The highest BCUT2D eigenvalue weighted by Gasteiger charge is 2.62. The van der Waals surface area contributed by atoms with Crippen LogP contribution in [0.2, 0.25) is 0 Å². The molecule has 8 bridgehead atoms. The lowest BCUT2D eigenvalue weighted by Crippen LogP contribution is -2.62. The van der Waals surface area contributed by atoms with Gasteiger partial charge in [-0.25, -0.2) is 20.0 Å². The number of anilines is 3. The van der Waals surface area contributed by atoms with Crippen LogP contribution in [0.3, 0.4) is 0 Å². The molecule has 4 N–H and O–H groups in total. The third-order valence-corrected chi connectivity index (χ3v) is 13.2. The number of fused-ring (bicyclic) bond motifs is 16.